The maximum Gasteiger partial charge on any atom is 0.133 e. The molecule has 4 nitrogen and oxygen atoms in total. The molecule has 1 aliphatic carbocycles. The van der Waals surface area contributed by atoms with Crippen molar-refractivity contribution in [1.29, 1.82) is 0 Å². The van der Waals surface area contributed by atoms with Crippen molar-refractivity contribution in [2.45, 2.75) is 52.1 Å². The topological polar surface area (TPSA) is 51.0 Å². The first-order valence-corrected chi connectivity index (χ1v) is 7.72. The van der Waals surface area contributed by atoms with Gasteiger partial charge in [-0.25, -0.2) is 4.98 Å². The van der Waals surface area contributed by atoms with E-state index in [2.05, 4.69) is 17.4 Å². The highest BCUT2D eigenvalue weighted by atomic mass is 32.1. The molecule has 19 heavy (non-hydrogen) atoms. The van der Waals surface area contributed by atoms with Crippen molar-refractivity contribution in [3.8, 4) is 0 Å². The van der Waals surface area contributed by atoms with Crippen molar-refractivity contribution >= 4 is 11.3 Å². The number of fused-ring (bicyclic) bond motifs is 1. The molecule has 0 unspecified atom stereocenters. The number of hydrogen-bond donors (Lipinski definition) is 1. The molecule has 0 aromatic carbocycles. The van der Waals surface area contributed by atoms with Gasteiger partial charge in [0.05, 0.1) is 16.4 Å². The van der Waals surface area contributed by atoms with E-state index in [4.69, 9.17) is 9.51 Å². The van der Waals surface area contributed by atoms with Crippen LogP contribution in [-0.2, 0) is 19.4 Å². The summed E-state index contributed by atoms with van der Waals surface area (Å²) in [5.74, 6) is 0.868. The third-order valence-corrected chi connectivity index (χ3v) is 4.86. The van der Waals surface area contributed by atoms with E-state index in [1.165, 1.54) is 28.4 Å². The summed E-state index contributed by atoms with van der Waals surface area (Å²) >= 11 is 1.87. The Morgan fingerprint density at radius 1 is 1.53 bits per heavy atom. The van der Waals surface area contributed by atoms with Crippen molar-refractivity contribution < 1.29 is 4.52 Å². The van der Waals surface area contributed by atoms with Gasteiger partial charge in [-0.2, -0.15) is 0 Å². The van der Waals surface area contributed by atoms with Gasteiger partial charge in [-0.15, -0.1) is 11.3 Å². The van der Waals surface area contributed by atoms with Gasteiger partial charge in [0.1, 0.15) is 5.76 Å². The summed E-state index contributed by atoms with van der Waals surface area (Å²) in [5, 5.41) is 8.88. The molecule has 2 aromatic rings. The van der Waals surface area contributed by atoms with Crippen LogP contribution in [0.3, 0.4) is 0 Å². The quantitative estimate of drug-likeness (QED) is 0.932. The summed E-state index contributed by atoms with van der Waals surface area (Å²) in [7, 11) is 0. The van der Waals surface area contributed by atoms with Gasteiger partial charge in [-0.05, 0) is 32.6 Å². The Morgan fingerprint density at radius 3 is 3.16 bits per heavy atom. The molecule has 3 rings (SSSR count). The molecule has 0 fully saturated rings. The summed E-state index contributed by atoms with van der Waals surface area (Å²) in [6, 6.07) is 2.42. The number of hydrogen-bond acceptors (Lipinski definition) is 5. The molecule has 0 saturated heterocycles. The zero-order chi connectivity index (χ0) is 13.2. The lowest BCUT2D eigenvalue weighted by atomic mass is 9.98. The summed E-state index contributed by atoms with van der Waals surface area (Å²) in [4.78, 5) is 6.16. The van der Waals surface area contributed by atoms with Crippen LogP contribution in [0.25, 0.3) is 0 Å². The largest absolute Gasteiger partial charge is 0.361 e. The Balaban J connectivity index is 1.71. The molecular formula is C14H19N3OS. The lowest BCUT2D eigenvalue weighted by Crippen LogP contribution is -2.23. The van der Waals surface area contributed by atoms with Crippen molar-refractivity contribution in [3.63, 3.8) is 0 Å². The van der Waals surface area contributed by atoms with Crippen molar-refractivity contribution in [2.75, 3.05) is 0 Å². The minimum absolute atomic E-state index is 0.429. The normalized spacial score (nSPS) is 18.5. The number of aromatic nitrogens is 2. The fourth-order valence-electron chi connectivity index (χ4n) is 2.55. The van der Waals surface area contributed by atoms with Crippen LogP contribution in [0.4, 0.5) is 0 Å². The van der Waals surface area contributed by atoms with E-state index in [-0.39, 0.29) is 0 Å². The Hall–Kier alpha value is -1.20. The van der Waals surface area contributed by atoms with Crippen LogP contribution in [0.15, 0.2) is 10.6 Å². The van der Waals surface area contributed by atoms with Crippen LogP contribution < -0.4 is 5.32 Å². The van der Waals surface area contributed by atoms with E-state index in [1.807, 2.05) is 24.3 Å². The van der Waals surface area contributed by atoms with Crippen LogP contribution in [0.1, 0.15) is 52.8 Å². The Bertz CT molecular complexity index is 561. The van der Waals surface area contributed by atoms with Crippen molar-refractivity contribution in [2.24, 2.45) is 0 Å². The third-order valence-electron chi connectivity index (χ3n) is 3.50. The van der Waals surface area contributed by atoms with E-state index in [0.29, 0.717) is 6.04 Å². The molecule has 0 amide bonds. The van der Waals surface area contributed by atoms with Crippen LogP contribution in [0.2, 0.25) is 0 Å². The first kappa shape index (κ1) is 12.8. The Morgan fingerprint density at radius 2 is 2.42 bits per heavy atom. The molecule has 0 spiro atoms. The van der Waals surface area contributed by atoms with E-state index < -0.39 is 0 Å². The highest BCUT2D eigenvalue weighted by Gasteiger charge is 2.24. The monoisotopic (exact) mass is 277 g/mol. The fraction of sp³-hybridized carbons (Fsp3) is 0.571. The van der Waals surface area contributed by atoms with Gasteiger partial charge in [0.15, 0.2) is 0 Å². The second-order valence-electron chi connectivity index (χ2n) is 5.03. The predicted octanol–water partition coefficient (Wildman–Crippen LogP) is 3.17. The van der Waals surface area contributed by atoms with Gasteiger partial charge in [0.2, 0.25) is 0 Å². The average molecular weight is 277 g/mol. The van der Waals surface area contributed by atoms with Crippen LogP contribution in [0.5, 0.6) is 0 Å². The van der Waals surface area contributed by atoms with Gasteiger partial charge in [0.25, 0.3) is 0 Å². The average Bonchev–Trinajstić information content (AvgIpc) is 3.02. The van der Waals surface area contributed by atoms with Gasteiger partial charge in [-0.1, -0.05) is 12.1 Å². The first-order valence-electron chi connectivity index (χ1n) is 6.90. The molecule has 2 aromatic heterocycles. The van der Waals surface area contributed by atoms with E-state index in [0.717, 1.165) is 30.8 Å². The minimum Gasteiger partial charge on any atom is -0.361 e. The molecule has 1 N–H and O–H groups in total. The van der Waals surface area contributed by atoms with Crippen LogP contribution >= 0.6 is 11.3 Å². The SMILES string of the molecule is CCc1nc2c(s1)[C@H](NCc1cc(C)on1)CCC2. The van der Waals surface area contributed by atoms with Gasteiger partial charge < -0.3 is 9.84 Å². The second kappa shape index (κ2) is 5.43. The zero-order valence-electron chi connectivity index (χ0n) is 11.4. The highest BCUT2D eigenvalue weighted by molar-refractivity contribution is 7.11. The summed E-state index contributed by atoms with van der Waals surface area (Å²) < 4.78 is 5.10. The minimum atomic E-state index is 0.429. The molecule has 0 bridgehead atoms. The zero-order valence-corrected chi connectivity index (χ0v) is 12.2. The van der Waals surface area contributed by atoms with Crippen molar-refractivity contribution in [3.05, 3.63) is 33.1 Å². The number of nitrogens with one attached hydrogen (secondary N) is 1. The van der Waals surface area contributed by atoms with Crippen LogP contribution in [-0.4, -0.2) is 10.1 Å². The van der Waals surface area contributed by atoms with Crippen molar-refractivity contribution in [1.82, 2.24) is 15.5 Å². The second-order valence-corrected chi connectivity index (χ2v) is 6.14. The first-order chi connectivity index (χ1) is 9.26. The van der Waals surface area contributed by atoms with Gasteiger partial charge in [0, 0.05) is 23.5 Å². The number of nitrogens with zero attached hydrogens (tertiary/aromatic N) is 2. The Kier molecular flexibility index (Phi) is 3.66. The molecule has 5 heteroatoms. The smallest absolute Gasteiger partial charge is 0.133 e. The fourth-order valence-corrected chi connectivity index (χ4v) is 3.71. The summed E-state index contributed by atoms with van der Waals surface area (Å²) in [6.07, 6.45) is 4.57. The third kappa shape index (κ3) is 2.72. The summed E-state index contributed by atoms with van der Waals surface area (Å²) in [5.41, 5.74) is 2.28. The van der Waals surface area contributed by atoms with Gasteiger partial charge in [-0.3, -0.25) is 0 Å². The molecule has 2 heterocycles. The lowest BCUT2D eigenvalue weighted by molar-refractivity contribution is 0.382. The molecule has 0 aliphatic heterocycles. The maximum absolute atomic E-state index is 5.10. The summed E-state index contributed by atoms with van der Waals surface area (Å²) in [6.45, 7) is 4.86. The number of thiazole rings is 1. The molecular weight excluding hydrogens is 258 g/mol. The predicted molar refractivity (Wildman–Crippen MR) is 75.3 cm³/mol. The molecule has 102 valence electrons. The Labute approximate surface area is 117 Å². The molecule has 1 atom stereocenters. The molecule has 0 saturated carbocycles. The van der Waals surface area contributed by atoms with Crippen LogP contribution in [0, 0.1) is 6.92 Å². The van der Waals surface area contributed by atoms with E-state index in [1.54, 1.807) is 0 Å². The molecule has 0 radical (unpaired) electrons. The molecule has 1 aliphatic rings. The van der Waals surface area contributed by atoms with E-state index >= 15 is 0 Å². The lowest BCUT2D eigenvalue weighted by Gasteiger charge is -2.21. The van der Waals surface area contributed by atoms with E-state index in [9.17, 15) is 0 Å². The van der Waals surface area contributed by atoms with Gasteiger partial charge >= 0.3 is 0 Å². The maximum atomic E-state index is 5.10. The number of aryl methyl sites for hydroxylation is 3. The number of rotatable bonds is 4. The standard InChI is InChI=1S/C14H19N3OS/c1-3-13-16-12-6-4-5-11(14(12)19-13)15-8-10-7-9(2)18-17-10/h7,11,15H,3-6,8H2,1-2H3/t11-/m1/s1. The highest BCUT2D eigenvalue weighted by Crippen LogP contribution is 2.34.